The number of ether oxygens (including phenoxy) is 1. The van der Waals surface area contributed by atoms with Crippen LogP contribution >= 0.6 is 0 Å². The SMILES string of the molecule is CC(=O)Nc1cccc(CNC(=O)CCNS(=O)(=O)c2ccc(OC(F)(F)F)cc2)c1. The van der Waals surface area contributed by atoms with Crippen LogP contribution in [0.1, 0.15) is 18.9 Å². The van der Waals surface area contributed by atoms with Crippen LogP contribution < -0.4 is 20.1 Å². The Labute approximate surface area is 176 Å². The van der Waals surface area contributed by atoms with Gasteiger partial charge in [-0.2, -0.15) is 0 Å². The van der Waals surface area contributed by atoms with Crippen molar-refractivity contribution in [2.75, 3.05) is 11.9 Å². The quantitative estimate of drug-likeness (QED) is 0.533. The first-order valence-electron chi connectivity index (χ1n) is 8.93. The maximum atomic E-state index is 12.2. The molecule has 0 saturated heterocycles. The number of hydrogen-bond donors (Lipinski definition) is 3. The molecule has 12 heteroatoms. The van der Waals surface area contributed by atoms with Gasteiger partial charge in [0, 0.05) is 32.1 Å². The van der Waals surface area contributed by atoms with Crippen molar-refractivity contribution in [3.8, 4) is 5.75 Å². The number of sulfonamides is 1. The highest BCUT2D eigenvalue weighted by molar-refractivity contribution is 7.89. The van der Waals surface area contributed by atoms with Crippen LogP contribution in [0, 0.1) is 0 Å². The second-order valence-electron chi connectivity index (χ2n) is 6.33. The highest BCUT2D eigenvalue weighted by atomic mass is 32.2. The zero-order valence-electron chi connectivity index (χ0n) is 16.3. The molecule has 8 nitrogen and oxygen atoms in total. The number of amides is 2. The van der Waals surface area contributed by atoms with Crippen molar-refractivity contribution in [2.24, 2.45) is 0 Å². The molecule has 2 rings (SSSR count). The van der Waals surface area contributed by atoms with Gasteiger partial charge < -0.3 is 15.4 Å². The molecule has 0 aliphatic heterocycles. The summed E-state index contributed by atoms with van der Waals surface area (Å²) in [5.41, 5.74) is 1.32. The van der Waals surface area contributed by atoms with Crippen LogP contribution in [0.5, 0.6) is 5.75 Å². The van der Waals surface area contributed by atoms with Gasteiger partial charge in [-0.1, -0.05) is 12.1 Å². The third kappa shape index (κ3) is 8.64. The number of carbonyl (C=O) groups is 2. The van der Waals surface area contributed by atoms with E-state index in [1.54, 1.807) is 24.3 Å². The molecule has 0 fully saturated rings. The van der Waals surface area contributed by atoms with Crippen molar-refractivity contribution in [2.45, 2.75) is 31.1 Å². The lowest BCUT2D eigenvalue weighted by Crippen LogP contribution is -2.30. The monoisotopic (exact) mass is 459 g/mol. The van der Waals surface area contributed by atoms with Crippen LogP contribution in [-0.2, 0) is 26.2 Å². The standard InChI is InChI=1S/C19H20F3N3O5S/c1-13(26)25-15-4-2-3-14(11-15)12-23-18(27)9-10-24-31(28,29)17-7-5-16(6-8-17)30-19(20,21)22/h2-8,11,24H,9-10,12H2,1H3,(H,23,27)(H,25,26). The van der Waals surface area contributed by atoms with Crippen molar-refractivity contribution in [1.29, 1.82) is 0 Å². The summed E-state index contributed by atoms with van der Waals surface area (Å²) >= 11 is 0. The van der Waals surface area contributed by atoms with Gasteiger partial charge in [0.25, 0.3) is 0 Å². The minimum Gasteiger partial charge on any atom is -0.406 e. The van der Waals surface area contributed by atoms with E-state index in [1.165, 1.54) is 6.92 Å². The summed E-state index contributed by atoms with van der Waals surface area (Å²) in [6.45, 7) is 1.35. The summed E-state index contributed by atoms with van der Waals surface area (Å²) in [7, 11) is -4.01. The third-order valence-corrected chi connectivity index (χ3v) is 5.23. The summed E-state index contributed by atoms with van der Waals surface area (Å²) in [5, 5.41) is 5.25. The van der Waals surface area contributed by atoms with E-state index in [0.717, 1.165) is 29.8 Å². The Balaban J connectivity index is 1.81. The molecule has 0 aliphatic carbocycles. The predicted molar refractivity (Wildman–Crippen MR) is 106 cm³/mol. The summed E-state index contributed by atoms with van der Waals surface area (Å²) in [6.07, 6.45) is -5.03. The molecule has 168 valence electrons. The van der Waals surface area contributed by atoms with Crippen molar-refractivity contribution in [3.63, 3.8) is 0 Å². The van der Waals surface area contributed by atoms with Gasteiger partial charge in [0.1, 0.15) is 5.75 Å². The van der Waals surface area contributed by atoms with E-state index in [1.807, 2.05) is 0 Å². The highest BCUT2D eigenvalue weighted by Crippen LogP contribution is 2.23. The minimum atomic E-state index is -4.88. The normalized spacial score (nSPS) is 11.6. The molecule has 0 bridgehead atoms. The Bertz CT molecular complexity index is 1020. The summed E-state index contributed by atoms with van der Waals surface area (Å²) < 4.78 is 66.7. The fraction of sp³-hybridized carbons (Fsp3) is 0.263. The van der Waals surface area contributed by atoms with E-state index in [2.05, 4.69) is 20.1 Å². The molecule has 0 atom stereocenters. The van der Waals surface area contributed by atoms with Crippen molar-refractivity contribution in [1.82, 2.24) is 10.0 Å². The molecule has 0 aliphatic rings. The van der Waals surface area contributed by atoms with Crippen LogP contribution in [0.25, 0.3) is 0 Å². The van der Waals surface area contributed by atoms with Gasteiger partial charge in [0.05, 0.1) is 4.90 Å². The fourth-order valence-electron chi connectivity index (χ4n) is 2.45. The molecular weight excluding hydrogens is 439 g/mol. The molecule has 0 saturated carbocycles. The maximum Gasteiger partial charge on any atom is 0.573 e. The van der Waals surface area contributed by atoms with Gasteiger partial charge in [0.2, 0.25) is 21.8 Å². The van der Waals surface area contributed by atoms with E-state index < -0.39 is 28.0 Å². The molecule has 0 spiro atoms. The van der Waals surface area contributed by atoms with Gasteiger partial charge in [0.15, 0.2) is 0 Å². The average Bonchev–Trinajstić information content (AvgIpc) is 2.65. The smallest absolute Gasteiger partial charge is 0.406 e. The van der Waals surface area contributed by atoms with Gasteiger partial charge in [-0.15, -0.1) is 13.2 Å². The number of carbonyl (C=O) groups excluding carboxylic acids is 2. The average molecular weight is 459 g/mol. The topological polar surface area (TPSA) is 114 Å². The molecule has 0 heterocycles. The first-order chi connectivity index (χ1) is 14.4. The van der Waals surface area contributed by atoms with E-state index in [9.17, 15) is 31.2 Å². The van der Waals surface area contributed by atoms with Gasteiger partial charge in [-0.3, -0.25) is 9.59 Å². The minimum absolute atomic E-state index is 0.153. The molecule has 31 heavy (non-hydrogen) atoms. The van der Waals surface area contributed by atoms with Crippen LogP contribution in [0.3, 0.4) is 0 Å². The lowest BCUT2D eigenvalue weighted by molar-refractivity contribution is -0.274. The molecule has 3 N–H and O–H groups in total. The number of nitrogens with one attached hydrogen (secondary N) is 3. The lowest BCUT2D eigenvalue weighted by atomic mass is 10.2. The van der Waals surface area contributed by atoms with Crippen molar-refractivity contribution in [3.05, 3.63) is 54.1 Å². The Hall–Kier alpha value is -3.12. The maximum absolute atomic E-state index is 12.2. The number of hydrogen-bond acceptors (Lipinski definition) is 5. The number of anilines is 1. The zero-order valence-corrected chi connectivity index (χ0v) is 17.1. The summed E-state index contributed by atoms with van der Waals surface area (Å²) in [4.78, 5) is 22.7. The van der Waals surface area contributed by atoms with Crippen molar-refractivity contribution >= 4 is 27.5 Å². The zero-order chi connectivity index (χ0) is 23.1. The summed E-state index contributed by atoms with van der Waals surface area (Å²) in [5.74, 6) is -1.19. The summed E-state index contributed by atoms with van der Waals surface area (Å²) in [6, 6.07) is 10.5. The number of benzene rings is 2. The van der Waals surface area contributed by atoms with Crippen LogP contribution in [0.2, 0.25) is 0 Å². The van der Waals surface area contributed by atoms with E-state index in [4.69, 9.17) is 0 Å². The largest absolute Gasteiger partial charge is 0.573 e. The first kappa shape index (κ1) is 24.2. The van der Waals surface area contributed by atoms with Crippen LogP contribution in [0.4, 0.5) is 18.9 Å². The van der Waals surface area contributed by atoms with Gasteiger partial charge in [-0.25, -0.2) is 13.1 Å². The number of alkyl halides is 3. The molecular formula is C19H20F3N3O5S. The molecule has 0 unspecified atom stereocenters. The Morgan fingerprint density at radius 2 is 1.74 bits per heavy atom. The van der Waals surface area contributed by atoms with Crippen LogP contribution in [-0.4, -0.2) is 33.1 Å². The molecule has 2 amide bonds. The number of halogens is 3. The highest BCUT2D eigenvalue weighted by Gasteiger charge is 2.31. The van der Waals surface area contributed by atoms with Crippen LogP contribution in [0.15, 0.2) is 53.4 Å². The second-order valence-corrected chi connectivity index (χ2v) is 8.09. The van der Waals surface area contributed by atoms with E-state index in [-0.39, 0.29) is 30.3 Å². The van der Waals surface area contributed by atoms with E-state index >= 15 is 0 Å². The predicted octanol–water partition coefficient (Wildman–Crippen LogP) is 2.53. The third-order valence-electron chi connectivity index (χ3n) is 3.75. The molecule has 2 aromatic carbocycles. The number of rotatable bonds is 9. The Kier molecular flexibility index (Phi) is 8.00. The van der Waals surface area contributed by atoms with Gasteiger partial charge in [-0.05, 0) is 42.0 Å². The lowest BCUT2D eigenvalue weighted by Gasteiger charge is -2.10. The fourth-order valence-corrected chi connectivity index (χ4v) is 3.49. The Morgan fingerprint density at radius 1 is 1.06 bits per heavy atom. The molecule has 2 aromatic rings. The van der Waals surface area contributed by atoms with E-state index in [0.29, 0.717) is 5.69 Å². The molecule has 0 aromatic heterocycles. The van der Waals surface area contributed by atoms with Crippen molar-refractivity contribution < 1.29 is 35.9 Å². The second kappa shape index (κ2) is 10.3. The first-order valence-corrected chi connectivity index (χ1v) is 10.4. The van der Waals surface area contributed by atoms with Gasteiger partial charge >= 0.3 is 6.36 Å². The Morgan fingerprint density at radius 3 is 2.35 bits per heavy atom. The molecule has 0 radical (unpaired) electrons.